The molecule has 0 saturated carbocycles. The van der Waals surface area contributed by atoms with Gasteiger partial charge in [0.1, 0.15) is 0 Å². The largest absolute Gasteiger partial charge is 0.466 e. The monoisotopic (exact) mass is 439 g/mol. The van der Waals surface area contributed by atoms with E-state index in [2.05, 4.69) is 57.9 Å². The zero-order chi connectivity index (χ0) is 23.1. The summed E-state index contributed by atoms with van der Waals surface area (Å²) < 4.78 is 11.9. The van der Waals surface area contributed by atoms with Crippen molar-refractivity contribution in [3.05, 3.63) is 78.4 Å². The van der Waals surface area contributed by atoms with Gasteiger partial charge in [0.15, 0.2) is 8.32 Å². The van der Waals surface area contributed by atoms with Gasteiger partial charge in [-0.2, -0.15) is 0 Å². The number of rotatable bonds is 10. The Balaban J connectivity index is 2.39. The third-order valence-corrected chi connectivity index (χ3v) is 10.6. The number of hydrogen-bond donors (Lipinski definition) is 1. The molecule has 0 heterocycles. The summed E-state index contributed by atoms with van der Waals surface area (Å²) in [6.45, 7) is 15.2. The lowest BCUT2D eigenvalue weighted by molar-refractivity contribution is -0.136. The molecular weight excluding hydrogens is 402 g/mol. The molecule has 1 N–H and O–H groups in total. The van der Waals surface area contributed by atoms with E-state index in [9.17, 15) is 4.79 Å². The number of ether oxygens (including phenoxy) is 1. The zero-order valence-corrected chi connectivity index (χ0v) is 20.8. The highest BCUT2D eigenvalue weighted by Crippen LogP contribution is 2.39. The van der Waals surface area contributed by atoms with Crippen LogP contribution in [-0.2, 0) is 20.4 Å². The van der Waals surface area contributed by atoms with E-state index in [-0.39, 0.29) is 11.1 Å². The summed E-state index contributed by atoms with van der Waals surface area (Å²) in [5, 5.41) is 3.54. The molecule has 0 bridgehead atoms. The fraction of sp³-hybridized carbons (Fsp3) is 0.423. The van der Waals surface area contributed by atoms with E-state index in [1.54, 1.807) is 0 Å². The van der Waals surface area contributed by atoms with Crippen molar-refractivity contribution in [2.24, 2.45) is 0 Å². The first-order chi connectivity index (χ1) is 14.5. The summed E-state index contributed by atoms with van der Waals surface area (Å²) in [5.74, 6) is -0.419. The molecule has 0 aromatic heterocycles. The highest BCUT2D eigenvalue weighted by molar-refractivity contribution is 6.74. The quantitative estimate of drug-likeness (QED) is 0.271. The average Bonchev–Trinajstić information content (AvgIpc) is 2.74. The lowest BCUT2D eigenvalue weighted by atomic mass is 9.96. The van der Waals surface area contributed by atoms with Gasteiger partial charge in [-0.05, 0) is 48.7 Å². The van der Waals surface area contributed by atoms with E-state index >= 15 is 0 Å². The van der Waals surface area contributed by atoms with E-state index < -0.39 is 20.3 Å². The van der Waals surface area contributed by atoms with Gasteiger partial charge in [-0.3, -0.25) is 0 Å². The van der Waals surface area contributed by atoms with Gasteiger partial charge in [-0.15, -0.1) is 0 Å². The number of esters is 1. The summed E-state index contributed by atoms with van der Waals surface area (Å²) in [6, 6.07) is 19.8. The Bertz CT molecular complexity index is 844. The molecule has 0 fully saturated rings. The topological polar surface area (TPSA) is 47.6 Å². The summed E-state index contributed by atoms with van der Waals surface area (Å²) in [6.07, 6.45) is 1.38. The smallest absolute Gasteiger partial charge is 0.335 e. The minimum absolute atomic E-state index is 0.0435. The Morgan fingerprint density at radius 1 is 1.03 bits per heavy atom. The molecule has 2 aromatic rings. The van der Waals surface area contributed by atoms with Gasteiger partial charge in [0.05, 0.1) is 24.8 Å². The van der Waals surface area contributed by atoms with Crippen LogP contribution >= 0.6 is 0 Å². The molecule has 0 saturated heterocycles. The number of carbonyl (C=O) groups excluding carboxylic acids is 1. The molecule has 0 amide bonds. The Morgan fingerprint density at radius 2 is 1.58 bits per heavy atom. The number of para-hydroxylation sites is 1. The fourth-order valence-electron chi connectivity index (χ4n) is 3.18. The molecule has 168 valence electrons. The second kappa shape index (κ2) is 10.8. The predicted molar refractivity (Wildman–Crippen MR) is 132 cm³/mol. The van der Waals surface area contributed by atoms with Crippen LogP contribution in [0.4, 0.5) is 5.69 Å². The summed E-state index contributed by atoms with van der Waals surface area (Å²) >= 11 is 0. The van der Waals surface area contributed by atoms with E-state index in [1.807, 2.05) is 48.5 Å². The average molecular weight is 440 g/mol. The van der Waals surface area contributed by atoms with Gasteiger partial charge < -0.3 is 14.5 Å². The van der Waals surface area contributed by atoms with Crippen molar-refractivity contribution in [1.29, 1.82) is 0 Å². The van der Waals surface area contributed by atoms with Crippen molar-refractivity contribution in [3.63, 3.8) is 0 Å². The number of aryl methyl sites for hydroxylation is 1. The predicted octanol–water partition coefficient (Wildman–Crippen LogP) is 6.22. The lowest BCUT2D eigenvalue weighted by Crippen LogP contribution is -2.50. The molecule has 5 heteroatoms. The summed E-state index contributed by atoms with van der Waals surface area (Å²) in [7, 11) is -0.721. The molecule has 2 aromatic carbocycles. The Morgan fingerprint density at radius 3 is 2.10 bits per heavy atom. The first-order valence-corrected chi connectivity index (χ1v) is 13.8. The summed E-state index contributed by atoms with van der Waals surface area (Å²) in [4.78, 5) is 12.5. The minimum atomic E-state index is -2.11. The van der Waals surface area contributed by atoms with Crippen LogP contribution in [0.25, 0.3) is 0 Å². The Labute approximate surface area is 188 Å². The lowest BCUT2D eigenvalue weighted by Gasteiger charge is -2.42. The van der Waals surface area contributed by atoms with Crippen molar-refractivity contribution in [2.75, 3.05) is 12.4 Å². The highest BCUT2D eigenvalue weighted by Gasteiger charge is 2.41. The molecule has 2 atom stereocenters. The van der Waals surface area contributed by atoms with Crippen LogP contribution in [0, 0.1) is 0 Å². The molecule has 31 heavy (non-hydrogen) atoms. The van der Waals surface area contributed by atoms with E-state index in [4.69, 9.17) is 9.16 Å². The van der Waals surface area contributed by atoms with Crippen LogP contribution in [0.2, 0.25) is 18.1 Å². The van der Waals surface area contributed by atoms with E-state index in [0.29, 0.717) is 5.57 Å². The number of nitrogens with one attached hydrogen (secondary N) is 1. The number of carbonyl (C=O) groups is 1. The normalized spacial score (nSPS) is 13.9. The molecule has 0 unspecified atom stereocenters. The van der Waals surface area contributed by atoms with Crippen LogP contribution in [0.15, 0.2) is 72.8 Å². The van der Waals surface area contributed by atoms with Crippen LogP contribution in [0.1, 0.15) is 32.8 Å². The van der Waals surface area contributed by atoms with E-state index in [0.717, 1.165) is 18.5 Å². The molecule has 4 nitrogen and oxygen atoms in total. The van der Waals surface area contributed by atoms with Crippen molar-refractivity contribution in [2.45, 2.75) is 63.9 Å². The molecule has 0 spiro atoms. The minimum Gasteiger partial charge on any atom is -0.466 e. The van der Waals surface area contributed by atoms with E-state index in [1.165, 1.54) is 12.7 Å². The number of hydrogen-bond acceptors (Lipinski definition) is 4. The van der Waals surface area contributed by atoms with Gasteiger partial charge in [0, 0.05) is 5.69 Å². The SMILES string of the molecule is C=C(C(=O)OC)[C@@H](Nc1ccccc1)[C@@H](CCc1ccccc1)O[Si](C)(C)C(C)(C)C. The number of methoxy groups -OCH3 is 1. The van der Waals surface area contributed by atoms with Gasteiger partial charge in [0.2, 0.25) is 0 Å². The molecular formula is C26H37NO3Si. The molecule has 0 aliphatic heterocycles. The van der Waals surface area contributed by atoms with Crippen LogP contribution < -0.4 is 5.32 Å². The second-order valence-corrected chi connectivity index (χ2v) is 14.2. The standard InChI is InChI=1S/C26H37NO3Si/c1-20(25(28)29-5)24(27-22-16-12-9-13-17-22)23(30-31(6,7)26(2,3)4)19-18-21-14-10-8-11-15-21/h8-17,23-24,27H,1,18-19H2,2-7H3/t23-,24-/m1/s1. The Hall–Kier alpha value is -2.37. The first-order valence-electron chi connectivity index (χ1n) is 10.9. The summed E-state index contributed by atoms with van der Waals surface area (Å²) in [5.41, 5.74) is 2.54. The number of anilines is 1. The van der Waals surface area contributed by atoms with Crippen molar-refractivity contribution < 1.29 is 14.0 Å². The van der Waals surface area contributed by atoms with Gasteiger partial charge >= 0.3 is 5.97 Å². The third kappa shape index (κ3) is 7.08. The highest BCUT2D eigenvalue weighted by atomic mass is 28.4. The van der Waals surface area contributed by atoms with Gasteiger partial charge in [0.25, 0.3) is 0 Å². The Kier molecular flexibility index (Phi) is 8.66. The zero-order valence-electron chi connectivity index (χ0n) is 19.8. The molecule has 0 radical (unpaired) electrons. The third-order valence-electron chi connectivity index (χ3n) is 6.10. The van der Waals surface area contributed by atoms with Gasteiger partial charge in [-0.1, -0.05) is 75.9 Å². The molecule has 0 aliphatic carbocycles. The van der Waals surface area contributed by atoms with Crippen LogP contribution in [-0.4, -0.2) is 33.5 Å². The molecule has 0 aliphatic rings. The first kappa shape index (κ1) is 24.9. The van der Waals surface area contributed by atoms with Crippen molar-refractivity contribution in [3.8, 4) is 0 Å². The molecule has 2 rings (SSSR count). The van der Waals surface area contributed by atoms with Crippen molar-refractivity contribution >= 4 is 20.0 Å². The maximum absolute atomic E-state index is 12.5. The second-order valence-electron chi connectivity index (χ2n) is 9.45. The maximum Gasteiger partial charge on any atom is 0.335 e. The van der Waals surface area contributed by atoms with Crippen LogP contribution in [0.3, 0.4) is 0 Å². The van der Waals surface area contributed by atoms with Crippen molar-refractivity contribution in [1.82, 2.24) is 0 Å². The maximum atomic E-state index is 12.5. The number of benzene rings is 2. The van der Waals surface area contributed by atoms with Gasteiger partial charge in [-0.25, -0.2) is 4.79 Å². The fourth-order valence-corrected chi connectivity index (χ4v) is 4.54. The van der Waals surface area contributed by atoms with Crippen LogP contribution in [0.5, 0.6) is 0 Å².